The predicted molar refractivity (Wildman–Crippen MR) is 76.1 cm³/mol. The molecule has 6 heteroatoms. The van der Waals surface area contributed by atoms with Crippen LogP contribution < -0.4 is 4.90 Å². The van der Waals surface area contributed by atoms with E-state index in [9.17, 15) is 15.2 Å². The Labute approximate surface area is 118 Å². The molecule has 1 saturated heterocycles. The molecule has 0 saturated carbocycles. The van der Waals surface area contributed by atoms with Crippen LogP contribution in [0.2, 0.25) is 0 Å². The Hall–Kier alpha value is -1.66. The summed E-state index contributed by atoms with van der Waals surface area (Å²) < 4.78 is 5.74. The molecule has 1 heterocycles. The van der Waals surface area contributed by atoms with E-state index in [4.69, 9.17) is 4.74 Å². The molecule has 1 unspecified atom stereocenters. The number of anilines is 1. The Bertz CT molecular complexity index is 516. The second-order valence-corrected chi connectivity index (χ2v) is 5.81. The fraction of sp³-hybridized carbons (Fsp3) is 0.571. The predicted octanol–water partition coefficient (Wildman–Crippen LogP) is 1.88. The number of rotatable bonds is 3. The van der Waals surface area contributed by atoms with Crippen molar-refractivity contribution < 1.29 is 14.8 Å². The van der Waals surface area contributed by atoms with Gasteiger partial charge in [0.2, 0.25) is 0 Å². The largest absolute Gasteiger partial charge is 0.394 e. The van der Waals surface area contributed by atoms with E-state index in [-0.39, 0.29) is 23.3 Å². The smallest absolute Gasteiger partial charge is 0.292 e. The van der Waals surface area contributed by atoms with Crippen molar-refractivity contribution in [3.05, 3.63) is 33.9 Å². The van der Waals surface area contributed by atoms with E-state index < -0.39 is 5.60 Å². The lowest BCUT2D eigenvalue weighted by Crippen LogP contribution is -2.54. The number of nitro benzene ring substituents is 1. The topological polar surface area (TPSA) is 75.8 Å². The fourth-order valence-corrected chi connectivity index (χ4v) is 2.62. The van der Waals surface area contributed by atoms with Crippen LogP contribution in [0.5, 0.6) is 0 Å². The Morgan fingerprint density at radius 3 is 2.85 bits per heavy atom. The van der Waals surface area contributed by atoms with E-state index in [1.807, 2.05) is 31.7 Å². The number of ether oxygens (including phenoxy) is 1. The Morgan fingerprint density at radius 2 is 2.25 bits per heavy atom. The molecule has 0 spiro atoms. The van der Waals surface area contributed by atoms with Gasteiger partial charge in [0, 0.05) is 19.2 Å². The number of aryl methyl sites for hydroxylation is 1. The maximum atomic E-state index is 11.2. The van der Waals surface area contributed by atoms with E-state index in [2.05, 4.69) is 0 Å². The molecular weight excluding hydrogens is 260 g/mol. The highest BCUT2D eigenvalue weighted by Crippen LogP contribution is 2.33. The Morgan fingerprint density at radius 1 is 1.55 bits per heavy atom. The molecule has 0 radical (unpaired) electrons. The van der Waals surface area contributed by atoms with Crippen LogP contribution in [0.4, 0.5) is 11.4 Å². The van der Waals surface area contributed by atoms with Gasteiger partial charge in [-0.25, -0.2) is 0 Å². The highest BCUT2D eigenvalue weighted by Gasteiger charge is 2.35. The minimum atomic E-state index is -0.455. The van der Waals surface area contributed by atoms with Gasteiger partial charge in [-0.1, -0.05) is 6.07 Å². The van der Waals surface area contributed by atoms with Crippen molar-refractivity contribution in [2.75, 3.05) is 24.6 Å². The first-order valence-electron chi connectivity index (χ1n) is 6.61. The molecular formula is C14H20N2O4. The van der Waals surface area contributed by atoms with Crippen molar-refractivity contribution in [3.63, 3.8) is 0 Å². The number of aliphatic hydroxyl groups is 1. The normalized spacial score (nSPS) is 21.8. The average molecular weight is 280 g/mol. The van der Waals surface area contributed by atoms with Gasteiger partial charge in [0.15, 0.2) is 0 Å². The van der Waals surface area contributed by atoms with Gasteiger partial charge in [0.1, 0.15) is 5.69 Å². The molecule has 1 aromatic rings. The summed E-state index contributed by atoms with van der Waals surface area (Å²) >= 11 is 0. The zero-order valence-corrected chi connectivity index (χ0v) is 12.0. The first kappa shape index (κ1) is 14.7. The SMILES string of the molecule is Cc1ccc([N+](=O)[O-])c(N2CC(CO)OC(C)(C)C2)c1. The van der Waals surface area contributed by atoms with Crippen LogP contribution >= 0.6 is 0 Å². The van der Waals surface area contributed by atoms with Crippen LogP contribution in [-0.2, 0) is 4.74 Å². The fourth-order valence-electron chi connectivity index (χ4n) is 2.62. The average Bonchev–Trinajstić information content (AvgIpc) is 2.36. The lowest BCUT2D eigenvalue weighted by molar-refractivity contribution is -0.384. The van der Waals surface area contributed by atoms with Gasteiger partial charge in [0.05, 0.1) is 23.2 Å². The number of hydrogen-bond donors (Lipinski definition) is 1. The van der Waals surface area contributed by atoms with Gasteiger partial charge in [-0.2, -0.15) is 0 Å². The van der Waals surface area contributed by atoms with E-state index >= 15 is 0 Å². The Kier molecular flexibility index (Phi) is 3.96. The van der Waals surface area contributed by atoms with Crippen molar-refractivity contribution in [3.8, 4) is 0 Å². The molecule has 2 rings (SSSR count). The van der Waals surface area contributed by atoms with Crippen molar-refractivity contribution in [2.24, 2.45) is 0 Å². The van der Waals surface area contributed by atoms with E-state index in [1.54, 1.807) is 6.07 Å². The van der Waals surface area contributed by atoms with Crippen molar-refractivity contribution in [1.82, 2.24) is 0 Å². The molecule has 1 N–H and O–H groups in total. The van der Waals surface area contributed by atoms with Crippen LogP contribution in [0.1, 0.15) is 19.4 Å². The lowest BCUT2D eigenvalue weighted by Gasteiger charge is -2.43. The van der Waals surface area contributed by atoms with Crippen LogP contribution in [0, 0.1) is 17.0 Å². The number of nitrogens with zero attached hydrogens (tertiary/aromatic N) is 2. The van der Waals surface area contributed by atoms with Gasteiger partial charge in [-0.05, 0) is 32.4 Å². The summed E-state index contributed by atoms with van der Waals surface area (Å²) in [6, 6.07) is 5.08. The summed E-state index contributed by atoms with van der Waals surface area (Å²) in [7, 11) is 0. The molecule has 110 valence electrons. The number of benzene rings is 1. The third-order valence-corrected chi connectivity index (χ3v) is 3.35. The first-order valence-corrected chi connectivity index (χ1v) is 6.61. The van der Waals surface area contributed by atoms with Gasteiger partial charge >= 0.3 is 0 Å². The molecule has 0 bridgehead atoms. The van der Waals surface area contributed by atoms with Gasteiger partial charge < -0.3 is 14.7 Å². The number of hydrogen-bond acceptors (Lipinski definition) is 5. The summed E-state index contributed by atoms with van der Waals surface area (Å²) in [5.74, 6) is 0. The van der Waals surface area contributed by atoms with Crippen molar-refractivity contribution in [2.45, 2.75) is 32.5 Å². The zero-order chi connectivity index (χ0) is 14.9. The molecule has 1 aliphatic rings. The summed E-state index contributed by atoms with van der Waals surface area (Å²) in [6.45, 7) is 6.65. The van der Waals surface area contributed by atoms with Crippen LogP contribution in [0.3, 0.4) is 0 Å². The highest BCUT2D eigenvalue weighted by molar-refractivity contribution is 5.65. The molecule has 1 fully saturated rings. The van der Waals surface area contributed by atoms with Gasteiger partial charge in [-0.15, -0.1) is 0 Å². The van der Waals surface area contributed by atoms with E-state index in [0.29, 0.717) is 18.8 Å². The standard InChI is InChI=1S/C14H20N2O4/c1-10-4-5-12(16(18)19)13(6-10)15-7-11(8-17)20-14(2,3)9-15/h4-6,11,17H,7-9H2,1-3H3. The molecule has 1 aromatic carbocycles. The minimum absolute atomic E-state index is 0.0880. The maximum absolute atomic E-state index is 11.2. The lowest BCUT2D eigenvalue weighted by atomic mass is 10.0. The second kappa shape index (κ2) is 5.38. The third kappa shape index (κ3) is 3.08. The number of nitro groups is 1. The molecule has 20 heavy (non-hydrogen) atoms. The minimum Gasteiger partial charge on any atom is -0.394 e. The summed E-state index contributed by atoms with van der Waals surface area (Å²) in [5, 5.41) is 20.5. The molecule has 1 atom stereocenters. The number of aliphatic hydroxyl groups excluding tert-OH is 1. The Balaban J connectivity index is 2.39. The van der Waals surface area contributed by atoms with Crippen LogP contribution in [-0.4, -0.2) is 41.4 Å². The van der Waals surface area contributed by atoms with Crippen LogP contribution in [0.25, 0.3) is 0 Å². The van der Waals surface area contributed by atoms with Crippen molar-refractivity contribution in [1.29, 1.82) is 0 Å². The van der Waals surface area contributed by atoms with Crippen LogP contribution in [0.15, 0.2) is 18.2 Å². The van der Waals surface area contributed by atoms with Gasteiger partial charge in [0.25, 0.3) is 5.69 Å². The molecule has 1 aliphatic heterocycles. The van der Waals surface area contributed by atoms with E-state index in [0.717, 1.165) is 5.56 Å². The zero-order valence-electron chi connectivity index (χ0n) is 12.0. The van der Waals surface area contributed by atoms with E-state index in [1.165, 1.54) is 6.07 Å². The molecule has 0 aromatic heterocycles. The third-order valence-electron chi connectivity index (χ3n) is 3.35. The summed E-state index contributed by atoms with van der Waals surface area (Å²) in [6.07, 6.45) is -0.334. The monoisotopic (exact) mass is 280 g/mol. The van der Waals surface area contributed by atoms with Gasteiger partial charge in [-0.3, -0.25) is 10.1 Å². The maximum Gasteiger partial charge on any atom is 0.292 e. The number of morpholine rings is 1. The molecule has 6 nitrogen and oxygen atoms in total. The molecule has 0 amide bonds. The summed E-state index contributed by atoms with van der Waals surface area (Å²) in [5.41, 5.74) is 1.19. The highest BCUT2D eigenvalue weighted by atomic mass is 16.6. The quantitative estimate of drug-likeness (QED) is 0.676. The second-order valence-electron chi connectivity index (χ2n) is 5.81. The first-order chi connectivity index (χ1) is 9.32. The van der Waals surface area contributed by atoms with Crippen molar-refractivity contribution >= 4 is 11.4 Å². The summed E-state index contributed by atoms with van der Waals surface area (Å²) in [4.78, 5) is 12.7. The molecule has 0 aliphatic carbocycles.